The zero-order chi connectivity index (χ0) is 45.2. The number of aromatic nitrogens is 2. The monoisotopic (exact) mass is 1010 g/mol. The molecule has 11 nitrogen and oxygen atoms in total. The van der Waals surface area contributed by atoms with Crippen molar-refractivity contribution in [1.82, 2.24) is 30.4 Å². The van der Waals surface area contributed by atoms with E-state index in [1.165, 1.54) is 34.1 Å². The number of urea groups is 2. The summed E-state index contributed by atoms with van der Waals surface area (Å²) in [4.78, 5) is 45.3. The molecule has 2 N–H and O–H groups in total. The van der Waals surface area contributed by atoms with Crippen molar-refractivity contribution in [2.75, 3.05) is 68.1 Å². The molecule has 0 radical (unpaired) electrons. The second-order valence-electron chi connectivity index (χ2n) is 15.4. The van der Waals surface area contributed by atoms with Gasteiger partial charge >= 0.3 is 12.1 Å². The predicted molar refractivity (Wildman–Crippen MR) is 256 cm³/mol. The quantitative estimate of drug-likeness (QED) is 0.147. The summed E-state index contributed by atoms with van der Waals surface area (Å²) < 4.78 is 27.6. The third-order valence-corrected chi connectivity index (χ3v) is 12.6. The first kappa shape index (κ1) is 45.5. The molecule has 5 heterocycles. The van der Waals surface area contributed by atoms with E-state index in [0.717, 1.165) is 67.3 Å². The smallest absolute Gasteiger partial charge is 0.326 e. The number of likely N-dealkylation sites (N-methyl/N-ethyl adjacent to an activating group) is 1. The third kappa shape index (κ3) is 9.64. The predicted octanol–water partition coefficient (Wildman–Crippen LogP) is 11.6. The number of para-hydroxylation sites is 2. The Bertz CT molecular complexity index is 2680. The van der Waals surface area contributed by atoms with Gasteiger partial charge in [0.1, 0.15) is 22.1 Å². The van der Waals surface area contributed by atoms with Gasteiger partial charge in [0.05, 0.1) is 54.2 Å². The number of amides is 4. The molecule has 2 aromatic heterocycles. The van der Waals surface area contributed by atoms with Gasteiger partial charge in [-0.15, -0.1) is 0 Å². The fraction of sp³-hybridized carbons (Fsp3) is 0.217. The summed E-state index contributed by atoms with van der Waals surface area (Å²) in [6.07, 6.45) is 0. The molecule has 3 aliphatic rings. The molecule has 0 saturated carbocycles. The van der Waals surface area contributed by atoms with Crippen molar-refractivity contribution in [3.8, 4) is 22.5 Å². The summed E-state index contributed by atoms with van der Waals surface area (Å²) in [7, 11) is 4.16. The van der Waals surface area contributed by atoms with Crippen molar-refractivity contribution < 1.29 is 18.4 Å². The van der Waals surface area contributed by atoms with Crippen molar-refractivity contribution in [1.29, 1.82) is 0 Å². The van der Waals surface area contributed by atoms with E-state index in [1.807, 2.05) is 6.07 Å². The molecule has 1 saturated heterocycles. The molecule has 4 aromatic carbocycles. The molecule has 6 aromatic rings. The van der Waals surface area contributed by atoms with Crippen LogP contribution in [0.2, 0.25) is 20.1 Å². The van der Waals surface area contributed by atoms with E-state index in [-0.39, 0.29) is 36.8 Å². The minimum atomic E-state index is -0.347. The first-order valence-corrected chi connectivity index (χ1v) is 22.5. The molecule has 0 unspecified atom stereocenters. The summed E-state index contributed by atoms with van der Waals surface area (Å²) in [5.74, 6) is 0.106. The van der Waals surface area contributed by atoms with Crippen LogP contribution >= 0.6 is 62.3 Å². The number of carbonyl (C=O) groups is 2. The molecule has 0 spiro atoms. The van der Waals surface area contributed by atoms with Gasteiger partial charge < -0.3 is 20.4 Å². The lowest BCUT2D eigenvalue weighted by Gasteiger charge is -2.38. The minimum Gasteiger partial charge on any atom is -0.354 e. The van der Waals surface area contributed by atoms with E-state index in [1.54, 1.807) is 66.7 Å². The molecule has 0 aliphatic carbocycles. The normalized spacial score (nSPS) is 15.0. The van der Waals surface area contributed by atoms with E-state index < -0.39 is 0 Å². The van der Waals surface area contributed by atoms with Gasteiger partial charge in [-0.3, -0.25) is 14.7 Å². The number of piperazine rings is 1. The van der Waals surface area contributed by atoms with E-state index in [4.69, 9.17) is 51.4 Å². The molecule has 4 amide bonds. The molecular formula is C46H40BrCl4F2N9O2. The summed E-state index contributed by atoms with van der Waals surface area (Å²) in [5.41, 5.74) is 6.50. The zero-order valence-electron chi connectivity index (χ0n) is 34.5. The molecule has 0 bridgehead atoms. The Morgan fingerprint density at radius 3 is 1.53 bits per heavy atom. The van der Waals surface area contributed by atoms with Crippen LogP contribution in [0.5, 0.6) is 0 Å². The lowest BCUT2D eigenvalue weighted by atomic mass is 10.0. The molecular weight excluding hydrogens is 970 g/mol. The summed E-state index contributed by atoms with van der Waals surface area (Å²) in [6.45, 7) is 6.03. The second kappa shape index (κ2) is 19.6. The maximum atomic E-state index is 13.8. The summed E-state index contributed by atoms with van der Waals surface area (Å²) >= 11 is 29.2. The number of fused-ring (bicyclic) bond motifs is 2. The van der Waals surface area contributed by atoms with Crippen molar-refractivity contribution in [2.24, 2.45) is 0 Å². The highest BCUT2D eigenvalue weighted by Crippen LogP contribution is 2.45. The molecule has 0 atom stereocenters. The SMILES string of the molecule is CN(C)CCN1CCN(c2cc3c(c(-c4ccc(F)cc4)n2)CNC(=O)N3c2c(Cl)cccc2Cl)CC1.O=C1NCc2c(cc(Br)nc2-c2ccc(F)cc2)N1c1c(Cl)cccc1Cl. The Balaban J connectivity index is 0.000000184. The van der Waals surface area contributed by atoms with Gasteiger partial charge in [0.25, 0.3) is 0 Å². The third-order valence-electron chi connectivity index (χ3n) is 11.0. The average Bonchev–Trinajstić information content (AvgIpc) is 3.27. The number of hydrogen-bond donors (Lipinski definition) is 2. The van der Waals surface area contributed by atoms with Crippen LogP contribution in [0.25, 0.3) is 22.5 Å². The van der Waals surface area contributed by atoms with Gasteiger partial charge in [0, 0.05) is 80.7 Å². The highest BCUT2D eigenvalue weighted by Gasteiger charge is 2.34. The van der Waals surface area contributed by atoms with Crippen LogP contribution in [0.3, 0.4) is 0 Å². The Hall–Kier alpha value is -5.06. The first-order chi connectivity index (χ1) is 30.8. The molecule has 1 fully saturated rings. The maximum Gasteiger partial charge on any atom is 0.326 e. The van der Waals surface area contributed by atoms with Crippen LogP contribution < -0.4 is 25.3 Å². The van der Waals surface area contributed by atoms with Crippen LogP contribution in [0.4, 0.5) is 46.9 Å². The molecule has 9 rings (SSSR count). The van der Waals surface area contributed by atoms with Gasteiger partial charge in [-0.1, -0.05) is 58.5 Å². The van der Waals surface area contributed by atoms with Crippen LogP contribution in [0, 0.1) is 11.6 Å². The number of nitrogens with one attached hydrogen (secondary N) is 2. The van der Waals surface area contributed by atoms with Crippen LogP contribution in [0.1, 0.15) is 11.1 Å². The number of benzene rings is 4. The first-order valence-electron chi connectivity index (χ1n) is 20.2. The number of carbonyl (C=O) groups excluding carboxylic acids is 2. The van der Waals surface area contributed by atoms with Gasteiger partial charge in [0.15, 0.2) is 0 Å². The van der Waals surface area contributed by atoms with Gasteiger partial charge in [0.2, 0.25) is 0 Å². The summed E-state index contributed by atoms with van der Waals surface area (Å²) in [6, 6.07) is 25.5. The lowest BCUT2D eigenvalue weighted by molar-refractivity contribution is 0.229. The van der Waals surface area contributed by atoms with E-state index in [0.29, 0.717) is 58.8 Å². The van der Waals surface area contributed by atoms with Crippen LogP contribution in [0.15, 0.2) is 102 Å². The van der Waals surface area contributed by atoms with E-state index in [2.05, 4.69) is 60.3 Å². The Labute approximate surface area is 397 Å². The number of hydrogen-bond acceptors (Lipinski definition) is 7. The van der Waals surface area contributed by atoms with Crippen molar-refractivity contribution >= 4 is 103 Å². The number of anilines is 5. The van der Waals surface area contributed by atoms with Crippen molar-refractivity contribution in [2.45, 2.75) is 13.1 Å². The van der Waals surface area contributed by atoms with Gasteiger partial charge in [-0.25, -0.2) is 28.3 Å². The number of pyridine rings is 2. The largest absolute Gasteiger partial charge is 0.354 e. The zero-order valence-corrected chi connectivity index (χ0v) is 39.1. The molecule has 3 aliphatic heterocycles. The maximum absolute atomic E-state index is 13.8. The van der Waals surface area contributed by atoms with Gasteiger partial charge in [-0.05, 0) is 109 Å². The van der Waals surface area contributed by atoms with Gasteiger partial charge in [-0.2, -0.15) is 0 Å². The molecule has 330 valence electrons. The highest BCUT2D eigenvalue weighted by atomic mass is 79.9. The van der Waals surface area contributed by atoms with Crippen LogP contribution in [-0.2, 0) is 13.1 Å². The lowest BCUT2D eigenvalue weighted by Crippen LogP contribution is -2.48. The molecule has 18 heteroatoms. The fourth-order valence-electron chi connectivity index (χ4n) is 7.77. The number of halogens is 7. The number of nitrogens with zero attached hydrogens (tertiary/aromatic N) is 7. The Morgan fingerprint density at radius 2 is 1.08 bits per heavy atom. The number of rotatable bonds is 8. The summed E-state index contributed by atoms with van der Waals surface area (Å²) in [5, 5.41) is 7.18. The average molecular weight is 1010 g/mol. The topological polar surface area (TPSA) is 100 Å². The molecule has 64 heavy (non-hydrogen) atoms. The van der Waals surface area contributed by atoms with Crippen LogP contribution in [-0.4, -0.2) is 85.2 Å². The Kier molecular flexibility index (Phi) is 13.9. The fourth-order valence-corrected chi connectivity index (χ4v) is 9.30. The minimum absolute atomic E-state index is 0.278. The highest BCUT2D eigenvalue weighted by molar-refractivity contribution is 9.10. The Morgan fingerprint density at radius 1 is 0.641 bits per heavy atom. The van der Waals surface area contributed by atoms with Crippen molar-refractivity contribution in [3.63, 3.8) is 0 Å². The van der Waals surface area contributed by atoms with E-state index >= 15 is 0 Å². The second-order valence-corrected chi connectivity index (χ2v) is 17.8. The van der Waals surface area contributed by atoms with E-state index in [9.17, 15) is 18.4 Å². The van der Waals surface area contributed by atoms with Crippen molar-refractivity contribution in [3.05, 3.63) is 145 Å². The standard InChI is InChI=1S/C27H29Cl2FN6O.C19H11BrCl2FN3O/c1-33(2)10-11-34-12-14-35(15-13-34)24-16-23-20(25(32-24)18-6-8-19(30)9-7-18)17-31-27(37)36(23)26-21(28)4-3-5-22(26)29;20-16-8-15-12(17(25-16)10-4-6-11(23)7-5-10)9-24-19(27)26(15)18-13(21)2-1-3-14(18)22/h3-9,16H,10-15,17H2,1-2H3,(H,31,37);1-8H,9H2,(H,24,27).